The summed E-state index contributed by atoms with van der Waals surface area (Å²) in [7, 11) is -3.55. The summed E-state index contributed by atoms with van der Waals surface area (Å²) in [5.74, 6) is 0.854. The molecule has 26 heavy (non-hydrogen) atoms. The third kappa shape index (κ3) is 3.09. The lowest BCUT2D eigenvalue weighted by Gasteiger charge is -2.34. The maximum absolute atomic E-state index is 12.8. The number of fused-ring (bicyclic) bond motifs is 1. The second kappa shape index (κ2) is 6.62. The van der Waals surface area contributed by atoms with Gasteiger partial charge in [-0.3, -0.25) is 0 Å². The zero-order chi connectivity index (χ0) is 18.3. The first-order chi connectivity index (χ1) is 12.4. The monoisotopic (exact) mass is 376 g/mol. The third-order valence-corrected chi connectivity index (χ3v) is 6.93. The minimum atomic E-state index is -3.55. The molecule has 0 radical (unpaired) electrons. The molecular formula is C17H24N6O2S. The van der Waals surface area contributed by atoms with E-state index in [1.54, 1.807) is 12.5 Å². The molecule has 140 valence electrons. The van der Waals surface area contributed by atoms with Crippen LogP contribution in [0.15, 0.2) is 23.6 Å². The highest BCUT2D eigenvalue weighted by molar-refractivity contribution is 7.89. The van der Waals surface area contributed by atoms with Crippen molar-refractivity contribution >= 4 is 15.8 Å². The Labute approximate surface area is 153 Å². The molecule has 1 saturated heterocycles. The van der Waals surface area contributed by atoms with E-state index < -0.39 is 10.0 Å². The van der Waals surface area contributed by atoms with Gasteiger partial charge >= 0.3 is 0 Å². The molecule has 0 saturated carbocycles. The van der Waals surface area contributed by atoms with E-state index in [1.165, 1.54) is 9.87 Å². The van der Waals surface area contributed by atoms with Gasteiger partial charge < -0.3 is 9.47 Å². The van der Waals surface area contributed by atoms with E-state index >= 15 is 0 Å². The fourth-order valence-corrected chi connectivity index (χ4v) is 4.84. The summed E-state index contributed by atoms with van der Waals surface area (Å²) >= 11 is 0. The van der Waals surface area contributed by atoms with Crippen molar-refractivity contribution in [2.75, 3.05) is 31.1 Å². The van der Waals surface area contributed by atoms with Gasteiger partial charge in [-0.15, -0.1) is 5.10 Å². The predicted molar refractivity (Wildman–Crippen MR) is 97.6 cm³/mol. The smallest absolute Gasteiger partial charge is 0.262 e. The van der Waals surface area contributed by atoms with Crippen LogP contribution in [0.5, 0.6) is 0 Å². The molecule has 1 aliphatic heterocycles. The van der Waals surface area contributed by atoms with E-state index in [1.807, 2.05) is 18.4 Å². The molecule has 1 aliphatic carbocycles. The van der Waals surface area contributed by atoms with E-state index in [0.717, 1.165) is 30.8 Å². The molecule has 0 unspecified atom stereocenters. The van der Waals surface area contributed by atoms with Gasteiger partial charge in [-0.1, -0.05) is 0 Å². The number of aromatic nitrogens is 4. The second-order valence-electron chi connectivity index (χ2n) is 7.17. The molecule has 2 aromatic heterocycles. The van der Waals surface area contributed by atoms with Crippen LogP contribution in [0, 0.1) is 0 Å². The lowest BCUT2D eigenvalue weighted by atomic mass is 10.2. The van der Waals surface area contributed by atoms with Crippen molar-refractivity contribution in [1.82, 2.24) is 24.1 Å². The number of aryl methyl sites for hydroxylation is 2. The molecule has 4 rings (SSSR count). The van der Waals surface area contributed by atoms with Crippen LogP contribution in [0.1, 0.15) is 37.6 Å². The molecule has 0 atom stereocenters. The molecule has 9 heteroatoms. The van der Waals surface area contributed by atoms with Crippen LogP contribution >= 0.6 is 0 Å². The van der Waals surface area contributed by atoms with Gasteiger partial charge in [-0.2, -0.15) is 9.40 Å². The van der Waals surface area contributed by atoms with Crippen molar-refractivity contribution < 1.29 is 8.42 Å². The van der Waals surface area contributed by atoms with Gasteiger partial charge in [0.05, 0.1) is 12.0 Å². The second-order valence-corrected chi connectivity index (χ2v) is 9.06. The Morgan fingerprint density at radius 1 is 1.08 bits per heavy atom. The van der Waals surface area contributed by atoms with Crippen LogP contribution in [0.2, 0.25) is 0 Å². The summed E-state index contributed by atoms with van der Waals surface area (Å²) < 4.78 is 29.0. The average Bonchev–Trinajstić information content (AvgIpc) is 3.31. The van der Waals surface area contributed by atoms with Gasteiger partial charge in [0, 0.05) is 38.4 Å². The van der Waals surface area contributed by atoms with Crippen LogP contribution in [0.4, 0.5) is 5.82 Å². The van der Waals surface area contributed by atoms with Crippen LogP contribution in [-0.4, -0.2) is 58.7 Å². The first kappa shape index (κ1) is 17.4. The number of hydrogen-bond donors (Lipinski definition) is 0. The van der Waals surface area contributed by atoms with Gasteiger partial charge in [0.25, 0.3) is 10.0 Å². The maximum Gasteiger partial charge on any atom is 0.262 e. The summed E-state index contributed by atoms with van der Waals surface area (Å²) in [4.78, 5) is 6.21. The summed E-state index contributed by atoms with van der Waals surface area (Å²) in [6, 6.07) is 2.30. The van der Waals surface area contributed by atoms with E-state index in [4.69, 9.17) is 0 Å². The van der Waals surface area contributed by atoms with Crippen molar-refractivity contribution in [3.63, 3.8) is 0 Å². The minimum absolute atomic E-state index is 0.122. The van der Waals surface area contributed by atoms with Crippen LogP contribution in [0.3, 0.4) is 0 Å². The van der Waals surface area contributed by atoms with Gasteiger partial charge in [0.2, 0.25) is 0 Å². The topological polar surface area (TPSA) is 84.2 Å². The van der Waals surface area contributed by atoms with Crippen molar-refractivity contribution in [3.05, 3.63) is 29.8 Å². The third-order valence-electron chi connectivity index (χ3n) is 5.15. The number of piperazine rings is 1. The first-order valence-corrected chi connectivity index (χ1v) is 10.5. The highest BCUT2D eigenvalue weighted by atomic mass is 32.2. The number of hydrogen-bond acceptors (Lipinski definition) is 6. The molecule has 0 aromatic carbocycles. The average molecular weight is 376 g/mol. The molecule has 0 amide bonds. The highest BCUT2D eigenvalue weighted by Gasteiger charge is 2.31. The minimum Gasteiger partial charge on any atom is -0.352 e. The summed E-state index contributed by atoms with van der Waals surface area (Å²) in [5.41, 5.74) is 2.39. The molecular weight excluding hydrogens is 352 g/mol. The zero-order valence-corrected chi connectivity index (χ0v) is 16.0. The molecule has 2 aromatic rings. The van der Waals surface area contributed by atoms with Gasteiger partial charge in [-0.25, -0.2) is 13.4 Å². The van der Waals surface area contributed by atoms with Crippen molar-refractivity contribution in [3.8, 4) is 0 Å². The van der Waals surface area contributed by atoms with E-state index in [0.29, 0.717) is 26.2 Å². The van der Waals surface area contributed by atoms with Crippen molar-refractivity contribution in [2.45, 2.75) is 44.2 Å². The Hall–Kier alpha value is -2.00. The summed E-state index contributed by atoms with van der Waals surface area (Å²) in [6.45, 7) is 6.06. The van der Waals surface area contributed by atoms with Gasteiger partial charge in [0.15, 0.2) is 10.8 Å². The Morgan fingerprint density at radius 2 is 1.85 bits per heavy atom. The van der Waals surface area contributed by atoms with E-state index in [9.17, 15) is 8.42 Å². The molecule has 0 bridgehead atoms. The lowest BCUT2D eigenvalue weighted by Crippen LogP contribution is -2.49. The predicted octanol–water partition coefficient (Wildman–Crippen LogP) is 1.25. The largest absolute Gasteiger partial charge is 0.352 e. The van der Waals surface area contributed by atoms with E-state index in [2.05, 4.69) is 26.1 Å². The Kier molecular flexibility index (Phi) is 4.44. The summed E-state index contributed by atoms with van der Waals surface area (Å²) in [6.07, 6.45) is 6.40. The Morgan fingerprint density at radius 3 is 2.54 bits per heavy atom. The SMILES string of the molecule is CC(C)n1cnc(S(=O)(=O)N2CCN(c3cc4c(nn3)CCC4)CC2)c1. The fraction of sp³-hybridized carbons (Fsp3) is 0.588. The number of rotatable bonds is 4. The number of anilines is 1. The molecule has 0 N–H and O–H groups in total. The Bertz CT molecular complexity index is 900. The maximum atomic E-state index is 12.8. The van der Waals surface area contributed by atoms with Crippen molar-refractivity contribution in [2.24, 2.45) is 0 Å². The standard InChI is InChI=1S/C17H24N6O2S/c1-13(2)22-11-17(18-12-22)26(24,25)23-8-6-21(7-9-23)16-10-14-4-3-5-15(14)19-20-16/h10-13H,3-9H2,1-2H3. The number of sulfonamides is 1. The molecule has 3 heterocycles. The zero-order valence-electron chi connectivity index (χ0n) is 15.2. The normalized spacial score (nSPS) is 18.5. The van der Waals surface area contributed by atoms with E-state index in [-0.39, 0.29) is 11.1 Å². The molecule has 2 aliphatic rings. The molecule has 0 spiro atoms. The molecule has 8 nitrogen and oxygen atoms in total. The van der Waals surface area contributed by atoms with Crippen LogP contribution < -0.4 is 4.90 Å². The Balaban J connectivity index is 1.45. The van der Waals surface area contributed by atoms with Gasteiger partial charge in [0.1, 0.15) is 0 Å². The lowest BCUT2D eigenvalue weighted by molar-refractivity contribution is 0.382. The van der Waals surface area contributed by atoms with Crippen molar-refractivity contribution in [1.29, 1.82) is 0 Å². The summed E-state index contributed by atoms with van der Waals surface area (Å²) in [5, 5.41) is 8.79. The van der Waals surface area contributed by atoms with Crippen LogP contribution in [-0.2, 0) is 22.9 Å². The fourth-order valence-electron chi connectivity index (χ4n) is 3.49. The first-order valence-electron chi connectivity index (χ1n) is 9.09. The number of nitrogens with zero attached hydrogens (tertiary/aromatic N) is 6. The number of imidazole rings is 1. The highest BCUT2D eigenvalue weighted by Crippen LogP contribution is 2.24. The van der Waals surface area contributed by atoms with Crippen LogP contribution in [0.25, 0.3) is 0 Å². The quantitative estimate of drug-likeness (QED) is 0.799. The molecule has 1 fully saturated rings. The van der Waals surface area contributed by atoms with Gasteiger partial charge in [-0.05, 0) is 44.7 Å².